The Morgan fingerprint density at radius 1 is 1.00 bits per heavy atom. The van der Waals surface area contributed by atoms with Crippen molar-refractivity contribution in [3.05, 3.63) is 48.0 Å². The summed E-state index contributed by atoms with van der Waals surface area (Å²) in [5.41, 5.74) is 0. The highest BCUT2D eigenvalue weighted by Crippen LogP contribution is 2.16. The normalized spacial score (nSPS) is 12.2. The third-order valence-electron chi connectivity index (χ3n) is 4.57. The largest absolute Gasteiger partial charge is 0.491 e. The van der Waals surface area contributed by atoms with Gasteiger partial charge >= 0.3 is 0 Å². The first-order chi connectivity index (χ1) is 13.3. The zero-order valence-electron chi connectivity index (χ0n) is 16.5. The topological polar surface area (TPSA) is 36.3 Å². The summed E-state index contributed by atoms with van der Waals surface area (Å²) in [5.74, 6) is 0.811. The van der Waals surface area contributed by atoms with Crippen LogP contribution in [-0.4, -0.2) is 28.9 Å². The minimum absolute atomic E-state index is 0.000526. The first-order valence-corrected chi connectivity index (χ1v) is 10.6. The molecule has 0 amide bonds. The highest BCUT2D eigenvalue weighted by atomic mass is 35.5. The molecule has 0 fully saturated rings. The van der Waals surface area contributed by atoms with Gasteiger partial charge in [0.1, 0.15) is 18.5 Å². The van der Waals surface area contributed by atoms with Gasteiger partial charge in [0.2, 0.25) is 0 Å². The molecule has 1 unspecified atom stereocenters. The summed E-state index contributed by atoms with van der Waals surface area (Å²) in [4.78, 5) is 4.11. The summed E-state index contributed by atoms with van der Waals surface area (Å²) >= 11 is 5.92. The Hall–Kier alpha value is -1.52. The zero-order valence-corrected chi connectivity index (χ0v) is 17.2. The van der Waals surface area contributed by atoms with E-state index in [1.54, 1.807) is 6.20 Å². The molecule has 27 heavy (non-hydrogen) atoms. The van der Waals surface area contributed by atoms with Crippen molar-refractivity contribution >= 4 is 11.6 Å². The predicted molar refractivity (Wildman–Crippen MR) is 112 cm³/mol. The molecule has 1 heterocycles. The smallest absolute Gasteiger partial charge is 0.119 e. The number of hydrogen-bond donors (Lipinski definition) is 0. The lowest BCUT2D eigenvalue weighted by Crippen LogP contribution is -2.27. The maximum Gasteiger partial charge on any atom is 0.119 e. The second-order valence-corrected chi connectivity index (χ2v) is 7.43. The van der Waals surface area contributed by atoms with Crippen molar-refractivity contribution in [3.8, 4) is 5.75 Å². The van der Waals surface area contributed by atoms with Gasteiger partial charge in [-0.1, -0.05) is 63.5 Å². The standard InChI is InChI=1S/C22H33ClN2O2/c1-2-3-4-5-6-7-8-9-16-26-22(17-25-15-14-24-19-25)18-27-21-12-10-20(23)11-13-21/h10-15,19,22H,2-9,16-18H2,1H3. The van der Waals surface area contributed by atoms with Crippen LogP contribution in [0.3, 0.4) is 0 Å². The monoisotopic (exact) mass is 392 g/mol. The van der Waals surface area contributed by atoms with Crippen molar-refractivity contribution in [2.75, 3.05) is 13.2 Å². The van der Waals surface area contributed by atoms with E-state index in [-0.39, 0.29) is 6.10 Å². The van der Waals surface area contributed by atoms with Gasteiger partial charge in [0.15, 0.2) is 0 Å². The molecule has 0 aliphatic heterocycles. The lowest BCUT2D eigenvalue weighted by atomic mass is 10.1. The van der Waals surface area contributed by atoms with E-state index in [9.17, 15) is 0 Å². The highest BCUT2D eigenvalue weighted by molar-refractivity contribution is 6.30. The summed E-state index contributed by atoms with van der Waals surface area (Å²) < 4.78 is 14.0. The average molecular weight is 393 g/mol. The fraction of sp³-hybridized carbons (Fsp3) is 0.591. The Balaban J connectivity index is 1.66. The molecule has 5 heteroatoms. The Labute approximate surface area is 168 Å². The van der Waals surface area contributed by atoms with Crippen molar-refractivity contribution in [3.63, 3.8) is 0 Å². The molecule has 0 aliphatic rings. The van der Waals surface area contributed by atoms with Gasteiger partial charge in [-0.05, 0) is 30.7 Å². The number of ether oxygens (including phenoxy) is 2. The molecule has 1 aromatic carbocycles. The number of unbranched alkanes of at least 4 members (excludes halogenated alkanes) is 7. The summed E-state index contributed by atoms with van der Waals surface area (Å²) in [7, 11) is 0. The van der Waals surface area contributed by atoms with Gasteiger partial charge in [0.25, 0.3) is 0 Å². The van der Waals surface area contributed by atoms with Crippen LogP contribution in [0.5, 0.6) is 5.75 Å². The Morgan fingerprint density at radius 2 is 1.70 bits per heavy atom. The Kier molecular flexibility index (Phi) is 11.0. The molecule has 0 bridgehead atoms. The minimum atomic E-state index is -0.000526. The number of nitrogens with zero attached hydrogens (tertiary/aromatic N) is 2. The van der Waals surface area contributed by atoms with Gasteiger partial charge in [-0.3, -0.25) is 0 Å². The lowest BCUT2D eigenvalue weighted by Gasteiger charge is -2.19. The van der Waals surface area contributed by atoms with E-state index in [4.69, 9.17) is 21.1 Å². The van der Waals surface area contributed by atoms with Gasteiger partial charge in [-0.15, -0.1) is 0 Å². The maximum atomic E-state index is 6.11. The molecular formula is C22H33ClN2O2. The van der Waals surface area contributed by atoms with E-state index < -0.39 is 0 Å². The lowest BCUT2D eigenvalue weighted by molar-refractivity contribution is 0.00807. The third-order valence-corrected chi connectivity index (χ3v) is 4.83. The molecule has 4 nitrogen and oxygen atoms in total. The van der Waals surface area contributed by atoms with Crippen LogP contribution in [0.25, 0.3) is 0 Å². The number of rotatable bonds is 15. The van der Waals surface area contributed by atoms with Crippen molar-refractivity contribution in [2.24, 2.45) is 0 Å². The maximum absolute atomic E-state index is 6.11. The van der Waals surface area contributed by atoms with E-state index in [0.717, 1.165) is 25.3 Å². The number of benzene rings is 1. The van der Waals surface area contributed by atoms with E-state index >= 15 is 0 Å². The van der Waals surface area contributed by atoms with Crippen LogP contribution in [0.4, 0.5) is 0 Å². The first-order valence-electron chi connectivity index (χ1n) is 10.2. The minimum Gasteiger partial charge on any atom is -0.491 e. The fourth-order valence-corrected chi connectivity index (χ4v) is 3.12. The Bertz CT molecular complexity index is 587. The van der Waals surface area contributed by atoms with Crippen molar-refractivity contribution in [1.82, 2.24) is 9.55 Å². The number of hydrogen-bond acceptors (Lipinski definition) is 3. The van der Waals surface area contributed by atoms with Crippen LogP contribution >= 0.6 is 11.6 Å². The molecule has 150 valence electrons. The zero-order chi connectivity index (χ0) is 19.2. The SMILES string of the molecule is CCCCCCCCCCOC(COc1ccc(Cl)cc1)Cn1ccnc1. The third kappa shape index (κ3) is 9.83. The molecule has 1 atom stereocenters. The van der Waals surface area contributed by atoms with E-state index in [1.807, 2.05) is 41.4 Å². The highest BCUT2D eigenvalue weighted by Gasteiger charge is 2.11. The molecule has 2 rings (SSSR count). The summed E-state index contributed by atoms with van der Waals surface area (Å²) in [6.45, 7) is 4.29. The fourth-order valence-electron chi connectivity index (χ4n) is 2.99. The van der Waals surface area contributed by atoms with Gasteiger partial charge in [0, 0.05) is 24.0 Å². The number of imidazole rings is 1. The molecular weight excluding hydrogens is 360 g/mol. The summed E-state index contributed by atoms with van der Waals surface area (Å²) in [6.07, 6.45) is 16.0. The van der Waals surface area contributed by atoms with Gasteiger partial charge in [-0.25, -0.2) is 4.98 Å². The second-order valence-electron chi connectivity index (χ2n) is 6.99. The molecule has 0 radical (unpaired) electrons. The second kappa shape index (κ2) is 13.6. The van der Waals surface area contributed by atoms with Crippen molar-refractivity contribution in [2.45, 2.75) is 70.9 Å². The quantitative estimate of drug-likeness (QED) is 0.341. The summed E-state index contributed by atoms with van der Waals surface area (Å²) in [5, 5.41) is 0.711. The van der Waals surface area contributed by atoms with Crippen LogP contribution < -0.4 is 4.74 Å². The van der Waals surface area contributed by atoms with Crippen LogP contribution in [0.2, 0.25) is 5.02 Å². The molecule has 0 saturated carbocycles. The van der Waals surface area contributed by atoms with Gasteiger partial charge in [-0.2, -0.15) is 0 Å². The van der Waals surface area contributed by atoms with Crippen LogP contribution in [-0.2, 0) is 11.3 Å². The van der Waals surface area contributed by atoms with Gasteiger partial charge in [0.05, 0.1) is 12.9 Å². The number of halogens is 1. The van der Waals surface area contributed by atoms with Crippen LogP contribution in [0.15, 0.2) is 43.0 Å². The molecule has 0 aliphatic carbocycles. The van der Waals surface area contributed by atoms with Crippen molar-refractivity contribution in [1.29, 1.82) is 0 Å². The average Bonchev–Trinajstić information content (AvgIpc) is 3.19. The molecule has 0 saturated heterocycles. The number of aromatic nitrogens is 2. The van der Waals surface area contributed by atoms with Crippen molar-refractivity contribution < 1.29 is 9.47 Å². The van der Waals surface area contributed by atoms with E-state index in [0.29, 0.717) is 11.6 Å². The van der Waals surface area contributed by atoms with Crippen LogP contribution in [0, 0.1) is 0 Å². The summed E-state index contributed by atoms with van der Waals surface area (Å²) in [6, 6.07) is 7.44. The molecule has 0 spiro atoms. The van der Waals surface area contributed by atoms with E-state index in [1.165, 1.54) is 44.9 Å². The predicted octanol–water partition coefficient (Wildman–Crippen LogP) is 6.14. The van der Waals surface area contributed by atoms with E-state index in [2.05, 4.69) is 11.9 Å². The Morgan fingerprint density at radius 3 is 2.37 bits per heavy atom. The first kappa shape index (κ1) is 21.8. The van der Waals surface area contributed by atoms with Crippen LogP contribution in [0.1, 0.15) is 58.3 Å². The molecule has 2 aromatic rings. The van der Waals surface area contributed by atoms with Gasteiger partial charge < -0.3 is 14.0 Å². The molecule has 1 aromatic heterocycles. The molecule has 0 N–H and O–H groups in total.